The molecule has 1 aliphatic rings. The maximum atomic E-state index is 13.1. The van der Waals surface area contributed by atoms with Gasteiger partial charge in [0.1, 0.15) is 5.82 Å². The summed E-state index contributed by atoms with van der Waals surface area (Å²) in [4.78, 5) is 4.16. The van der Waals surface area contributed by atoms with Crippen LogP contribution in [0.1, 0.15) is 30.9 Å². The second kappa shape index (κ2) is 8.32. The number of aliphatic imine (C=N–C) groups is 1. The van der Waals surface area contributed by atoms with E-state index < -0.39 is 17.6 Å². The van der Waals surface area contributed by atoms with E-state index in [4.69, 9.17) is 4.74 Å². The largest absolute Gasteiger partial charge is 0.416 e. The molecule has 4 nitrogen and oxygen atoms in total. The first-order valence-electron chi connectivity index (χ1n) is 7.89. The Bertz CT molecular complexity index is 569. The van der Waals surface area contributed by atoms with Crippen molar-refractivity contribution < 1.29 is 22.3 Å². The Kier molecular flexibility index (Phi) is 6.42. The SMILES string of the molecule is CCNC(=NCc1ccc(F)cc1C(F)(F)F)NCC1CCCO1. The second-order valence-corrected chi connectivity index (χ2v) is 5.51. The average molecular weight is 347 g/mol. The first-order chi connectivity index (χ1) is 11.4. The molecule has 134 valence electrons. The number of halogens is 4. The van der Waals surface area contributed by atoms with Gasteiger partial charge in [-0.2, -0.15) is 13.2 Å². The van der Waals surface area contributed by atoms with Crippen molar-refractivity contribution >= 4 is 5.96 Å². The van der Waals surface area contributed by atoms with E-state index in [1.807, 2.05) is 6.92 Å². The standard InChI is InChI=1S/C16H21F4N3O/c1-2-21-15(23-10-13-4-3-7-24-13)22-9-11-5-6-12(17)8-14(11)16(18,19)20/h5-6,8,13H,2-4,7,9-10H2,1H3,(H2,21,22,23). The number of nitrogens with one attached hydrogen (secondary N) is 2. The summed E-state index contributed by atoms with van der Waals surface area (Å²) in [6.07, 6.45) is -2.57. The van der Waals surface area contributed by atoms with Crippen LogP contribution in [0.25, 0.3) is 0 Å². The van der Waals surface area contributed by atoms with Crippen molar-refractivity contribution in [1.82, 2.24) is 10.6 Å². The lowest BCUT2D eigenvalue weighted by atomic mass is 10.1. The van der Waals surface area contributed by atoms with Crippen molar-refractivity contribution in [2.75, 3.05) is 19.7 Å². The highest BCUT2D eigenvalue weighted by Crippen LogP contribution is 2.32. The van der Waals surface area contributed by atoms with Crippen LogP contribution in [0.4, 0.5) is 17.6 Å². The van der Waals surface area contributed by atoms with Gasteiger partial charge in [0.05, 0.1) is 18.2 Å². The molecular formula is C16H21F4N3O. The molecule has 1 aliphatic heterocycles. The Hall–Kier alpha value is -1.83. The number of rotatable bonds is 5. The summed E-state index contributed by atoms with van der Waals surface area (Å²) in [5, 5.41) is 6.04. The lowest BCUT2D eigenvalue weighted by molar-refractivity contribution is -0.138. The van der Waals surface area contributed by atoms with Gasteiger partial charge in [-0.05, 0) is 37.5 Å². The minimum absolute atomic E-state index is 0.0711. The third-order valence-corrected chi connectivity index (χ3v) is 3.65. The van der Waals surface area contributed by atoms with Crippen LogP contribution in [0.5, 0.6) is 0 Å². The molecule has 0 amide bonds. The van der Waals surface area contributed by atoms with Gasteiger partial charge >= 0.3 is 6.18 Å². The van der Waals surface area contributed by atoms with Crippen LogP contribution >= 0.6 is 0 Å². The molecule has 1 unspecified atom stereocenters. The van der Waals surface area contributed by atoms with Gasteiger partial charge < -0.3 is 15.4 Å². The fraction of sp³-hybridized carbons (Fsp3) is 0.562. The van der Waals surface area contributed by atoms with E-state index >= 15 is 0 Å². The Balaban J connectivity index is 2.07. The Morgan fingerprint density at radius 3 is 2.75 bits per heavy atom. The van der Waals surface area contributed by atoms with E-state index in [1.165, 1.54) is 0 Å². The number of nitrogens with zero attached hydrogens (tertiary/aromatic N) is 1. The highest BCUT2D eigenvalue weighted by atomic mass is 19.4. The third kappa shape index (κ3) is 5.36. The van der Waals surface area contributed by atoms with Gasteiger partial charge in [-0.25, -0.2) is 9.38 Å². The smallest absolute Gasteiger partial charge is 0.376 e. The second-order valence-electron chi connectivity index (χ2n) is 5.51. The number of hydrogen-bond acceptors (Lipinski definition) is 2. The van der Waals surface area contributed by atoms with Crippen LogP contribution in [-0.2, 0) is 17.5 Å². The molecule has 1 saturated heterocycles. The normalized spacial score (nSPS) is 18.7. The van der Waals surface area contributed by atoms with Gasteiger partial charge in [0, 0.05) is 19.7 Å². The molecule has 0 aliphatic carbocycles. The van der Waals surface area contributed by atoms with E-state index in [9.17, 15) is 17.6 Å². The van der Waals surface area contributed by atoms with Crippen LogP contribution in [-0.4, -0.2) is 31.8 Å². The molecular weight excluding hydrogens is 326 g/mol. The van der Waals surface area contributed by atoms with E-state index in [0.29, 0.717) is 25.1 Å². The molecule has 0 aromatic heterocycles. The van der Waals surface area contributed by atoms with Crippen molar-refractivity contribution in [2.45, 2.75) is 38.6 Å². The summed E-state index contributed by atoms with van der Waals surface area (Å²) in [5.41, 5.74) is -1.07. The summed E-state index contributed by atoms with van der Waals surface area (Å²) in [6, 6.07) is 2.62. The zero-order valence-electron chi connectivity index (χ0n) is 13.4. The summed E-state index contributed by atoms with van der Waals surface area (Å²) < 4.78 is 57.6. The molecule has 0 bridgehead atoms. The number of alkyl halides is 3. The topological polar surface area (TPSA) is 45.7 Å². The van der Waals surface area contributed by atoms with E-state index in [0.717, 1.165) is 31.6 Å². The van der Waals surface area contributed by atoms with Crippen LogP contribution in [0.3, 0.4) is 0 Å². The predicted octanol–water partition coefficient (Wildman–Crippen LogP) is 3.08. The Morgan fingerprint density at radius 2 is 2.12 bits per heavy atom. The highest BCUT2D eigenvalue weighted by molar-refractivity contribution is 5.79. The number of ether oxygens (including phenoxy) is 1. The molecule has 8 heteroatoms. The minimum Gasteiger partial charge on any atom is -0.376 e. The fourth-order valence-corrected chi connectivity index (χ4v) is 2.47. The van der Waals surface area contributed by atoms with Gasteiger partial charge in [0.25, 0.3) is 0 Å². The van der Waals surface area contributed by atoms with Crippen molar-refractivity contribution in [3.63, 3.8) is 0 Å². The molecule has 1 aromatic rings. The van der Waals surface area contributed by atoms with Crippen LogP contribution in [0.2, 0.25) is 0 Å². The number of hydrogen-bond donors (Lipinski definition) is 2. The van der Waals surface area contributed by atoms with Crippen molar-refractivity contribution in [1.29, 1.82) is 0 Å². The molecule has 2 rings (SSSR count). The van der Waals surface area contributed by atoms with Crippen molar-refractivity contribution in [3.8, 4) is 0 Å². The minimum atomic E-state index is -4.61. The molecule has 1 aromatic carbocycles. The zero-order valence-corrected chi connectivity index (χ0v) is 13.4. The highest BCUT2D eigenvalue weighted by Gasteiger charge is 2.33. The molecule has 2 N–H and O–H groups in total. The van der Waals surface area contributed by atoms with E-state index in [1.54, 1.807) is 0 Å². The van der Waals surface area contributed by atoms with E-state index in [2.05, 4.69) is 15.6 Å². The summed E-state index contributed by atoms with van der Waals surface area (Å²) >= 11 is 0. The molecule has 1 atom stereocenters. The molecule has 0 spiro atoms. The monoisotopic (exact) mass is 347 g/mol. The maximum Gasteiger partial charge on any atom is 0.416 e. The molecule has 0 saturated carbocycles. The molecule has 1 heterocycles. The summed E-state index contributed by atoms with van der Waals surface area (Å²) in [5.74, 6) is -0.510. The van der Waals surface area contributed by atoms with Gasteiger partial charge in [0.15, 0.2) is 5.96 Å². The van der Waals surface area contributed by atoms with Crippen LogP contribution < -0.4 is 10.6 Å². The third-order valence-electron chi connectivity index (χ3n) is 3.65. The van der Waals surface area contributed by atoms with E-state index in [-0.39, 0.29) is 18.2 Å². The van der Waals surface area contributed by atoms with Gasteiger partial charge in [-0.3, -0.25) is 0 Å². The fourth-order valence-electron chi connectivity index (χ4n) is 2.47. The first kappa shape index (κ1) is 18.5. The summed E-state index contributed by atoms with van der Waals surface area (Å²) in [7, 11) is 0. The maximum absolute atomic E-state index is 13.1. The van der Waals surface area contributed by atoms with Gasteiger partial charge in [0.2, 0.25) is 0 Å². The summed E-state index contributed by atoms with van der Waals surface area (Å²) in [6.45, 7) is 3.51. The average Bonchev–Trinajstić information content (AvgIpc) is 3.03. The quantitative estimate of drug-likeness (QED) is 0.489. The number of guanidine groups is 1. The van der Waals surface area contributed by atoms with Gasteiger partial charge in [-0.15, -0.1) is 0 Å². The van der Waals surface area contributed by atoms with Crippen molar-refractivity contribution in [3.05, 3.63) is 35.1 Å². The Labute approximate surface area is 138 Å². The number of benzene rings is 1. The first-order valence-corrected chi connectivity index (χ1v) is 7.89. The molecule has 1 fully saturated rings. The predicted molar refractivity (Wildman–Crippen MR) is 83.2 cm³/mol. The zero-order chi connectivity index (χ0) is 17.6. The lowest BCUT2D eigenvalue weighted by Gasteiger charge is -2.16. The van der Waals surface area contributed by atoms with Crippen LogP contribution in [0, 0.1) is 5.82 Å². The molecule has 0 radical (unpaired) electrons. The van der Waals surface area contributed by atoms with Gasteiger partial charge in [-0.1, -0.05) is 6.07 Å². The van der Waals surface area contributed by atoms with Crippen LogP contribution in [0.15, 0.2) is 23.2 Å². The van der Waals surface area contributed by atoms with Crippen molar-refractivity contribution in [2.24, 2.45) is 4.99 Å². The molecule has 24 heavy (non-hydrogen) atoms. The Morgan fingerprint density at radius 1 is 1.33 bits per heavy atom. The lowest BCUT2D eigenvalue weighted by Crippen LogP contribution is -2.41.